The van der Waals surface area contributed by atoms with Gasteiger partial charge >= 0.3 is 5.97 Å². The number of rotatable bonds is 6. The quantitative estimate of drug-likeness (QED) is 0.580. The molecule has 0 aromatic rings. The summed E-state index contributed by atoms with van der Waals surface area (Å²) in [5.41, 5.74) is 0. The Hall–Kier alpha value is -0.186. The number of aliphatic carboxylic acids is 1. The highest BCUT2D eigenvalue weighted by atomic mass is 32.2. The number of hydrogen-bond donors (Lipinski definition) is 2. The Morgan fingerprint density at radius 1 is 1.06 bits per heavy atom. The summed E-state index contributed by atoms with van der Waals surface area (Å²) < 4.78 is 29.8. The van der Waals surface area contributed by atoms with Crippen LogP contribution in [0.2, 0.25) is 43.9 Å². The number of carbonyl (C=O) groups is 1. The SMILES string of the molecule is C[Si](C)(C)C(CCS(=O)(=O)O)(C(=O)O)[Si](C)(C)C. The van der Waals surface area contributed by atoms with Crippen molar-refractivity contribution in [1.29, 1.82) is 0 Å². The second-order valence-corrected chi connectivity index (χ2v) is 19.5. The van der Waals surface area contributed by atoms with E-state index >= 15 is 0 Å². The highest BCUT2D eigenvalue weighted by molar-refractivity contribution is 7.85. The van der Waals surface area contributed by atoms with Crippen LogP contribution in [0.3, 0.4) is 0 Å². The first kappa shape index (κ1) is 17.8. The van der Waals surface area contributed by atoms with Crippen LogP contribution in [0.5, 0.6) is 0 Å². The fraction of sp³-hybridized carbons (Fsp3) is 0.900. The summed E-state index contributed by atoms with van der Waals surface area (Å²) in [5, 5.41) is 9.68. The van der Waals surface area contributed by atoms with Crippen LogP contribution in [0.1, 0.15) is 6.42 Å². The van der Waals surface area contributed by atoms with E-state index in [1.807, 2.05) is 39.3 Å². The van der Waals surface area contributed by atoms with E-state index in [4.69, 9.17) is 4.55 Å². The van der Waals surface area contributed by atoms with E-state index < -0.39 is 42.6 Å². The van der Waals surface area contributed by atoms with Crippen LogP contribution in [0.15, 0.2) is 0 Å². The molecule has 108 valence electrons. The number of hydrogen-bond acceptors (Lipinski definition) is 3. The molecule has 0 heterocycles. The molecule has 18 heavy (non-hydrogen) atoms. The van der Waals surface area contributed by atoms with E-state index in [1.54, 1.807) is 0 Å². The minimum absolute atomic E-state index is 0.00656. The van der Waals surface area contributed by atoms with Crippen LogP contribution < -0.4 is 0 Å². The summed E-state index contributed by atoms with van der Waals surface area (Å²) in [6.07, 6.45) is 0.00656. The van der Waals surface area contributed by atoms with E-state index in [2.05, 4.69) is 0 Å². The highest BCUT2D eigenvalue weighted by Crippen LogP contribution is 2.50. The molecule has 5 nitrogen and oxygen atoms in total. The fourth-order valence-corrected chi connectivity index (χ4v) is 15.9. The van der Waals surface area contributed by atoms with Crippen LogP contribution in [0.25, 0.3) is 0 Å². The average molecular weight is 313 g/mol. The van der Waals surface area contributed by atoms with Gasteiger partial charge in [-0.05, 0) is 6.42 Å². The Morgan fingerprint density at radius 3 is 1.56 bits per heavy atom. The van der Waals surface area contributed by atoms with Gasteiger partial charge in [0, 0.05) is 0 Å². The summed E-state index contributed by atoms with van der Waals surface area (Å²) in [5.74, 6) is -1.39. The van der Waals surface area contributed by atoms with Gasteiger partial charge < -0.3 is 5.11 Å². The topological polar surface area (TPSA) is 91.7 Å². The first-order valence-corrected chi connectivity index (χ1v) is 14.4. The van der Waals surface area contributed by atoms with Gasteiger partial charge in [-0.25, -0.2) is 0 Å². The maximum absolute atomic E-state index is 11.8. The summed E-state index contributed by atoms with van der Waals surface area (Å²) in [7, 11) is -8.43. The lowest BCUT2D eigenvalue weighted by atomic mass is 10.3. The van der Waals surface area contributed by atoms with Crippen molar-refractivity contribution < 1.29 is 22.9 Å². The normalized spacial score (nSPS) is 14.6. The second kappa shape index (κ2) is 5.06. The van der Waals surface area contributed by atoms with Crippen molar-refractivity contribution in [2.45, 2.75) is 50.4 Å². The van der Waals surface area contributed by atoms with Gasteiger partial charge in [0.1, 0.15) is 0 Å². The minimum Gasteiger partial charge on any atom is -0.481 e. The molecule has 8 heteroatoms. The monoisotopic (exact) mass is 312 g/mol. The Kier molecular flexibility index (Phi) is 5.01. The number of carboxylic acid groups (broad SMARTS) is 1. The maximum Gasteiger partial charge on any atom is 0.304 e. The van der Waals surface area contributed by atoms with Gasteiger partial charge in [0.15, 0.2) is 0 Å². The lowest BCUT2D eigenvalue weighted by Gasteiger charge is -2.48. The fourth-order valence-electron chi connectivity index (χ4n) is 2.91. The largest absolute Gasteiger partial charge is 0.481 e. The van der Waals surface area contributed by atoms with Gasteiger partial charge in [-0.1, -0.05) is 39.3 Å². The molecule has 0 aromatic carbocycles. The lowest BCUT2D eigenvalue weighted by molar-refractivity contribution is -0.138. The molecule has 0 aliphatic rings. The zero-order valence-electron chi connectivity index (χ0n) is 11.9. The van der Waals surface area contributed by atoms with Crippen molar-refractivity contribution in [2.24, 2.45) is 0 Å². The van der Waals surface area contributed by atoms with Crippen molar-refractivity contribution in [3.63, 3.8) is 0 Å². The predicted octanol–water partition coefficient (Wildman–Crippen LogP) is 2.30. The Morgan fingerprint density at radius 2 is 1.39 bits per heavy atom. The van der Waals surface area contributed by atoms with E-state index in [-0.39, 0.29) is 6.42 Å². The van der Waals surface area contributed by atoms with Crippen molar-refractivity contribution in [3.05, 3.63) is 0 Å². The second-order valence-electron chi connectivity index (χ2n) is 6.75. The molecule has 0 amide bonds. The minimum atomic E-state index is -4.13. The van der Waals surface area contributed by atoms with Gasteiger partial charge in [-0.3, -0.25) is 9.35 Å². The predicted molar refractivity (Wildman–Crippen MR) is 78.1 cm³/mol. The zero-order valence-corrected chi connectivity index (χ0v) is 14.8. The summed E-state index contributed by atoms with van der Waals surface area (Å²) in [6.45, 7) is 11.7. The van der Waals surface area contributed by atoms with Gasteiger partial charge in [0.2, 0.25) is 0 Å². The van der Waals surface area contributed by atoms with Crippen LogP contribution >= 0.6 is 0 Å². The van der Waals surface area contributed by atoms with Crippen LogP contribution in [-0.2, 0) is 14.9 Å². The lowest BCUT2D eigenvalue weighted by Crippen LogP contribution is -2.59. The zero-order chi connectivity index (χ0) is 15.0. The van der Waals surface area contributed by atoms with Gasteiger partial charge in [-0.2, -0.15) is 8.42 Å². The third kappa shape index (κ3) is 3.65. The third-order valence-electron chi connectivity index (χ3n) is 3.66. The van der Waals surface area contributed by atoms with E-state index in [0.717, 1.165) is 0 Å². The highest BCUT2D eigenvalue weighted by Gasteiger charge is 2.58. The summed E-state index contributed by atoms with van der Waals surface area (Å²) >= 11 is 0. The smallest absolute Gasteiger partial charge is 0.304 e. The molecular weight excluding hydrogens is 288 g/mol. The van der Waals surface area contributed by atoms with Gasteiger partial charge in [0.05, 0.1) is 26.6 Å². The molecule has 0 atom stereocenters. The van der Waals surface area contributed by atoms with Crippen molar-refractivity contribution >= 4 is 32.2 Å². The first-order chi connectivity index (χ1) is 7.65. The van der Waals surface area contributed by atoms with Crippen LogP contribution in [-0.4, -0.2) is 45.9 Å². The molecule has 0 unspecified atom stereocenters. The molecule has 0 aromatic heterocycles. The molecule has 0 bridgehead atoms. The molecule has 0 radical (unpaired) electrons. The molecule has 2 N–H and O–H groups in total. The molecule has 0 spiro atoms. The Labute approximate surface area is 111 Å². The maximum atomic E-state index is 11.8. The standard InChI is InChI=1S/C10H24O5SSi2/c1-17(2,3)10(9(11)12,18(4,5)6)7-8-16(13,14)15/h7-8H2,1-6H3,(H,11,12)(H,13,14,15). The molecule has 0 aliphatic heterocycles. The molecule has 0 rings (SSSR count). The summed E-state index contributed by atoms with van der Waals surface area (Å²) in [6, 6.07) is 0. The van der Waals surface area contributed by atoms with E-state index in [9.17, 15) is 18.3 Å². The first-order valence-electron chi connectivity index (χ1n) is 5.84. The molecule has 0 fully saturated rings. The van der Waals surface area contributed by atoms with E-state index in [0.29, 0.717) is 0 Å². The van der Waals surface area contributed by atoms with Gasteiger partial charge in [0.25, 0.3) is 10.1 Å². The van der Waals surface area contributed by atoms with E-state index in [1.165, 1.54) is 0 Å². The Bertz CT molecular complexity index is 403. The average Bonchev–Trinajstić information content (AvgIpc) is 1.95. The van der Waals surface area contributed by atoms with Crippen molar-refractivity contribution in [2.75, 3.05) is 5.75 Å². The Balaban J connectivity index is 5.75. The van der Waals surface area contributed by atoms with Gasteiger partial charge in [-0.15, -0.1) is 0 Å². The molecule has 0 saturated carbocycles. The van der Waals surface area contributed by atoms with Crippen molar-refractivity contribution in [3.8, 4) is 0 Å². The molecular formula is C10H24O5SSi2. The van der Waals surface area contributed by atoms with Crippen molar-refractivity contribution in [1.82, 2.24) is 0 Å². The molecule has 0 aliphatic carbocycles. The third-order valence-corrected chi connectivity index (χ3v) is 14.9. The number of carboxylic acids is 1. The van der Waals surface area contributed by atoms with Crippen LogP contribution in [0.4, 0.5) is 0 Å². The summed E-state index contributed by atoms with van der Waals surface area (Å²) in [4.78, 5) is 11.8. The van der Waals surface area contributed by atoms with Crippen LogP contribution in [0, 0.1) is 0 Å². The molecule has 0 saturated heterocycles.